The van der Waals surface area contributed by atoms with Crippen LogP contribution in [0.25, 0.3) is 0 Å². The van der Waals surface area contributed by atoms with Crippen molar-refractivity contribution in [1.82, 2.24) is 0 Å². The van der Waals surface area contributed by atoms with E-state index in [-0.39, 0.29) is 0 Å². The van der Waals surface area contributed by atoms with E-state index in [0.29, 0.717) is 0 Å². The molecule has 0 spiro atoms. The standard InChI is InChI=1S/C4H2BN3O/c5-9-4(1-6,2-7)3-8/h5H2. The maximum absolute atomic E-state index is 8.16. The van der Waals surface area contributed by atoms with Crippen LogP contribution in [0.2, 0.25) is 0 Å². The molecule has 0 aromatic heterocycles. The number of hydrogen-bond acceptors (Lipinski definition) is 4. The van der Waals surface area contributed by atoms with Crippen LogP contribution in [0, 0.1) is 34.0 Å². The molecule has 4 nitrogen and oxygen atoms in total. The second-order valence-corrected chi connectivity index (χ2v) is 1.22. The van der Waals surface area contributed by atoms with Crippen LogP contribution in [0.15, 0.2) is 0 Å². The molecule has 0 heterocycles. The van der Waals surface area contributed by atoms with Crippen LogP contribution in [0.4, 0.5) is 0 Å². The van der Waals surface area contributed by atoms with E-state index in [0.717, 1.165) is 8.05 Å². The van der Waals surface area contributed by atoms with Crippen LogP contribution in [-0.2, 0) is 4.65 Å². The molecular formula is C4H2BN3O. The van der Waals surface area contributed by atoms with Crippen LogP contribution in [0.1, 0.15) is 0 Å². The van der Waals surface area contributed by atoms with Crippen molar-refractivity contribution in [2.45, 2.75) is 5.60 Å². The van der Waals surface area contributed by atoms with Gasteiger partial charge in [-0.1, -0.05) is 0 Å². The van der Waals surface area contributed by atoms with Crippen LogP contribution in [-0.4, -0.2) is 13.7 Å². The molecule has 0 fully saturated rings. The molecule has 0 bridgehead atoms. The van der Waals surface area contributed by atoms with Crippen molar-refractivity contribution in [2.75, 3.05) is 0 Å². The lowest BCUT2D eigenvalue weighted by Crippen LogP contribution is -2.24. The van der Waals surface area contributed by atoms with Crippen molar-refractivity contribution in [3.05, 3.63) is 0 Å². The monoisotopic (exact) mass is 119 g/mol. The zero-order valence-corrected chi connectivity index (χ0v) is 4.75. The van der Waals surface area contributed by atoms with Crippen LogP contribution in [0.5, 0.6) is 0 Å². The summed E-state index contributed by atoms with van der Waals surface area (Å²) in [6.07, 6.45) is 0. The quantitative estimate of drug-likeness (QED) is 0.408. The number of hydrogen-bond donors (Lipinski definition) is 0. The highest BCUT2D eigenvalue weighted by Crippen LogP contribution is 2.02. The molecule has 0 aliphatic carbocycles. The van der Waals surface area contributed by atoms with Gasteiger partial charge in [0, 0.05) is 0 Å². The average Bonchev–Trinajstić information content (AvgIpc) is 1.95. The minimum atomic E-state index is -1.92. The maximum Gasteiger partial charge on any atom is 0.315 e. The van der Waals surface area contributed by atoms with Gasteiger partial charge in [0.25, 0.3) is 8.05 Å². The summed E-state index contributed by atoms with van der Waals surface area (Å²) in [7, 11) is 1.13. The van der Waals surface area contributed by atoms with Crippen molar-refractivity contribution < 1.29 is 4.65 Å². The summed E-state index contributed by atoms with van der Waals surface area (Å²) in [5.74, 6) is 0. The van der Waals surface area contributed by atoms with Crippen molar-refractivity contribution in [2.24, 2.45) is 0 Å². The second kappa shape index (κ2) is 2.72. The Morgan fingerprint density at radius 2 is 1.44 bits per heavy atom. The Kier molecular flexibility index (Phi) is 2.26. The second-order valence-electron chi connectivity index (χ2n) is 1.22. The summed E-state index contributed by atoms with van der Waals surface area (Å²) >= 11 is 0. The van der Waals surface area contributed by atoms with Gasteiger partial charge in [0.1, 0.15) is 18.2 Å². The molecule has 0 atom stereocenters. The Bertz CT molecular complexity index is 181. The topological polar surface area (TPSA) is 80.6 Å². The smallest absolute Gasteiger partial charge is 0.315 e. The van der Waals surface area contributed by atoms with Crippen molar-refractivity contribution in [3.63, 3.8) is 0 Å². The van der Waals surface area contributed by atoms with Crippen LogP contribution < -0.4 is 0 Å². The minimum absolute atomic E-state index is 1.13. The first-order valence-corrected chi connectivity index (χ1v) is 2.03. The normalized spacial score (nSPS) is 8.56. The molecule has 0 unspecified atom stereocenters. The molecule has 0 rings (SSSR count). The van der Waals surface area contributed by atoms with Gasteiger partial charge in [0.05, 0.1) is 0 Å². The first kappa shape index (κ1) is 7.49. The summed E-state index contributed by atoms with van der Waals surface area (Å²) in [6, 6.07) is 4.26. The fourth-order valence-electron chi connectivity index (χ4n) is 0.212. The molecule has 0 amide bonds. The van der Waals surface area contributed by atoms with Gasteiger partial charge >= 0.3 is 5.60 Å². The summed E-state index contributed by atoms with van der Waals surface area (Å²) < 4.78 is 4.30. The van der Waals surface area contributed by atoms with Crippen molar-refractivity contribution in [1.29, 1.82) is 15.8 Å². The fourth-order valence-corrected chi connectivity index (χ4v) is 0.212. The number of nitrogens with zero attached hydrogens (tertiary/aromatic N) is 3. The molecule has 0 aliphatic heterocycles. The molecule has 0 saturated heterocycles. The SMILES string of the molecule is BOC(C#N)(C#N)C#N. The third kappa shape index (κ3) is 1.19. The molecule has 0 saturated carbocycles. The van der Waals surface area contributed by atoms with Crippen LogP contribution >= 0.6 is 0 Å². The predicted octanol–water partition coefficient (Wildman–Crippen LogP) is -1.14. The van der Waals surface area contributed by atoms with E-state index in [2.05, 4.69) is 4.65 Å². The Morgan fingerprint density at radius 3 is 1.44 bits per heavy atom. The highest BCUT2D eigenvalue weighted by atomic mass is 16.4. The molecule has 0 aliphatic rings. The highest BCUT2D eigenvalue weighted by molar-refractivity contribution is 5.99. The lowest BCUT2D eigenvalue weighted by Gasteiger charge is -2.03. The Balaban J connectivity index is 4.54. The summed E-state index contributed by atoms with van der Waals surface area (Å²) in [6.45, 7) is 0. The van der Waals surface area contributed by atoms with E-state index in [1.807, 2.05) is 0 Å². The molecule has 9 heavy (non-hydrogen) atoms. The van der Waals surface area contributed by atoms with E-state index < -0.39 is 5.60 Å². The summed E-state index contributed by atoms with van der Waals surface area (Å²) in [5, 5.41) is 24.5. The molecule has 0 radical (unpaired) electrons. The van der Waals surface area contributed by atoms with E-state index in [9.17, 15) is 0 Å². The molecule has 5 heteroatoms. The van der Waals surface area contributed by atoms with Crippen LogP contribution in [0.3, 0.4) is 0 Å². The van der Waals surface area contributed by atoms with Crippen molar-refractivity contribution in [3.8, 4) is 18.2 Å². The van der Waals surface area contributed by atoms with Gasteiger partial charge < -0.3 is 4.65 Å². The lowest BCUT2D eigenvalue weighted by molar-refractivity contribution is 0.269. The van der Waals surface area contributed by atoms with Gasteiger partial charge in [0.15, 0.2) is 0 Å². The maximum atomic E-state index is 8.16. The Hall–Kier alpha value is -1.51. The van der Waals surface area contributed by atoms with Gasteiger partial charge in [-0.15, -0.1) is 0 Å². The molecule has 0 aromatic rings. The minimum Gasteiger partial charge on any atom is -0.406 e. The summed E-state index contributed by atoms with van der Waals surface area (Å²) in [4.78, 5) is 0. The molecule has 0 N–H and O–H groups in total. The predicted molar refractivity (Wildman–Crippen MR) is 29.2 cm³/mol. The van der Waals surface area contributed by atoms with Gasteiger partial charge in [-0.3, -0.25) is 0 Å². The van der Waals surface area contributed by atoms with E-state index in [1.54, 1.807) is 0 Å². The van der Waals surface area contributed by atoms with E-state index in [4.69, 9.17) is 15.8 Å². The van der Waals surface area contributed by atoms with Gasteiger partial charge in [0.2, 0.25) is 0 Å². The van der Waals surface area contributed by atoms with E-state index in [1.165, 1.54) is 18.2 Å². The Morgan fingerprint density at radius 1 is 1.11 bits per heavy atom. The molecular weight excluding hydrogens is 117 g/mol. The third-order valence-corrected chi connectivity index (χ3v) is 0.779. The largest absolute Gasteiger partial charge is 0.406 e. The lowest BCUT2D eigenvalue weighted by atomic mass is 10.1. The zero-order chi connectivity index (χ0) is 7.33. The average molecular weight is 119 g/mol. The number of rotatable bonds is 1. The first-order chi connectivity index (χ1) is 4.24. The highest BCUT2D eigenvalue weighted by Gasteiger charge is 2.27. The molecule has 0 aromatic carbocycles. The number of nitriles is 3. The van der Waals surface area contributed by atoms with Gasteiger partial charge in [-0.2, -0.15) is 15.8 Å². The van der Waals surface area contributed by atoms with Gasteiger partial charge in [-0.05, 0) is 0 Å². The van der Waals surface area contributed by atoms with E-state index >= 15 is 0 Å². The zero-order valence-electron chi connectivity index (χ0n) is 4.75. The molecule has 42 valence electrons. The first-order valence-electron chi connectivity index (χ1n) is 2.03. The Labute approximate surface area is 53.3 Å². The fraction of sp³-hybridized carbons (Fsp3) is 0.250. The third-order valence-electron chi connectivity index (χ3n) is 0.779. The summed E-state index contributed by atoms with van der Waals surface area (Å²) in [5.41, 5.74) is -1.92. The van der Waals surface area contributed by atoms with Crippen molar-refractivity contribution >= 4 is 8.05 Å². The van der Waals surface area contributed by atoms with Gasteiger partial charge in [-0.25, -0.2) is 0 Å².